The Kier molecular flexibility index (Phi) is 4.30. The first kappa shape index (κ1) is 18.4. The average molecular weight is 412 g/mol. The molecule has 2 saturated heterocycles. The number of likely N-dealkylation sites (N-methyl/N-ethyl adjacent to an activating group) is 1. The van der Waals surface area contributed by atoms with Gasteiger partial charge >= 0.3 is 6.03 Å². The molecule has 2 aliphatic heterocycles. The van der Waals surface area contributed by atoms with Crippen LogP contribution in [0.1, 0.15) is 29.7 Å². The molecule has 0 unspecified atom stereocenters. The second kappa shape index (κ2) is 6.30. The van der Waals surface area contributed by atoms with Crippen molar-refractivity contribution in [3.63, 3.8) is 0 Å². The summed E-state index contributed by atoms with van der Waals surface area (Å²) >= 11 is 1.57. The fourth-order valence-electron chi connectivity index (χ4n) is 4.22. The zero-order chi connectivity index (χ0) is 19.4. The minimum Gasteiger partial charge on any atom is -0.340 e. The van der Waals surface area contributed by atoms with E-state index in [0.717, 1.165) is 28.2 Å². The monoisotopic (exact) mass is 411 g/mol. The number of rotatable bonds is 3. The van der Waals surface area contributed by atoms with Gasteiger partial charge in [0, 0.05) is 23.5 Å². The van der Waals surface area contributed by atoms with Crippen molar-refractivity contribution in [2.24, 2.45) is 0 Å². The predicted octanol–water partition coefficient (Wildman–Crippen LogP) is 0.477. The summed E-state index contributed by atoms with van der Waals surface area (Å²) < 4.78 is 23.3. The van der Waals surface area contributed by atoms with Crippen LogP contribution in [-0.4, -0.2) is 67.2 Å². The zero-order valence-electron chi connectivity index (χ0n) is 14.9. The minimum atomic E-state index is -3.12. The Morgan fingerprint density at radius 1 is 1.44 bits per heavy atom. The van der Waals surface area contributed by atoms with E-state index in [-0.39, 0.29) is 18.1 Å². The average Bonchev–Trinajstić information content (AvgIpc) is 3.29. The van der Waals surface area contributed by atoms with E-state index in [2.05, 4.69) is 5.32 Å². The van der Waals surface area contributed by atoms with Crippen LogP contribution in [0.2, 0.25) is 0 Å². The molecule has 0 aromatic carbocycles. The van der Waals surface area contributed by atoms with Gasteiger partial charge in [-0.2, -0.15) is 0 Å². The van der Waals surface area contributed by atoms with Gasteiger partial charge in [-0.25, -0.2) is 13.2 Å². The maximum absolute atomic E-state index is 13.1. The maximum Gasteiger partial charge on any atom is 0.325 e. The summed E-state index contributed by atoms with van der Waals surface area (Å²) in [6.07, 6.45) is 2.58. The van der Waals surface area contributed by atoms with E-state index in [0.29, 0.717) is 12.8 Å². The van der Waals surface area contributed by atoms with Crippen LogP contribution in [0, 0.1) is 0 Å². The Balaban J connectivity index is 1.52. The number of hydrogen-bond donors (Lipinski definition) is 1. The third kappa shape index (κ3) is 2.94. The van der Waals surface area contributed by atoms with Gasteiger partial charge in [-0.3, -0.25) is 14.5 Å². The van der Waals surface area contributed by atoms with Gasteiger partial charge < -0.3 is 10.2 Å². The van der Waals surface area contributed by atoms with Gasteiger partial charge in [0.25, 0.3) is 5.91 Å². The topological polar surface area (TPSA) is 104 Å². The van der Waals surface area contributed by atoms with Crippen LogP contribution in [0.15, 0.2) is 11.4 Å². The van der Waals surface area contributed by atoms with Crippen LogP contribution >= 0.6 is 11.3 Å². The lowest BCUT2D eigenvalue weighted by atomic mass is 9.80. The molecule has 2 atom stereocenters. The van der Waals surface area contributed by atoms with Crippen molar-refractivity contribution in [2.75, 3.05) is 25.1 Å². The highest BCUT2D eigenvalue weighted by Gasteiger charge is 2.54. The fraction of sp³-hybridized carbons (Fsp3) is 0.588. The Bertz CT molecular complexity index is 925. The molecule has 27 heavy (non-hydrogen) atoms. The Morgan fingerprint density at radius 3 is 2.93 bits per heavy atom. The van der Waals surface area contributed by atoms with Gasteiger partial charge in [0.2, 0.25) is 5.91 Å². The molecular formula is C17H21N3O5S2. The van der Waals surface area contributed by atoms with Gasteiger partial charge in [0.1, 0.15) is 12.1 Å². The van der Waals surface area contributed by atoms with Gasteiger partial charge in [0.15, 0.2) is 9.84 Å². The Labute approximate surface area is 161 Å². The van der Waals surface area contributed by atoms with E-state index >= 15 is 0 Å². The highest BCUT2D eigenvalue weighted by molar-refractivity contribution is 7.91. The quantitative estimate of drug-likeness (QED) is 0.729. The van der Waals surface area contributed by atoms with Crippen molar-refractivity contribution in [1.29, 1.82) is 0 Å². The molecule has 1 aromatic rings. The number of fused-ring (bicyclic) bond motifs is 2. The van der Waals surface area contributed by atoms with Crippen molar-refractivity contribution < 1.29 is 22.8 Å². The first-order chi connectivity index (χ1) is 12.7. The maximum atomic E-state index is 13.1. The molecule has 3 aliphatic rings. The molecule has 1 N–H and O–H groups in total. The second-order valence-electron chi connectivity index (χ2n) is 7.40. The third-order valence-corrected chi connectivity index (χ3v) is 8.51. The SMILES string of the molecule is CN(C(=O)CN1C(=O)N[C@]2(CCCc3sccc32)C1=O)[C@H]1CCS(=O)(=O)C1. The van der Waals surface area contributed by atoms with Gasteiger partial charge in [-0.15, -0.1) is 11.3 Å². The molecule has 0 radical (unpaired) electrons. The number of carbonyl (C=O) groups excluding carboxylic acids is 3. The molecular weight excluding hydrogens is 390 g/mol. The number of thiophene rings is 1. The molecule has 3 heterocycles. The van der Waals surface area contributed by atoms with Gasteiger partial charge in [0.05, 0.1) is 11.5 Å². The Hall–Kier alpha value is -1.94. The standard InChI is InChI=1S/C17H21N3O5S2/c1-19(11-5-8-27(24,25)10-11)14(21)9-20-15(22)17(18-16(20)23)6-2-3-13-12(17)4-7-26-13/h4,7,11H,2-3,5-6,8-10H2,1H3,(H,18,23)/t11-,17-/m0/s1. The van der Waals surface area contributed by atoms with Crippen LogP contribution in [0.3, 0.4) is 0 Å². The highest BCUT2D eigenvalue weighted by atomic mass is 32.2. The summed E-state index contributed by atoms with van der Waals surface area (Å²) in [5, 5.41) is 4.73. The van der Waals surface area contributed by atoms with E-state index in [1.165, 1.54) is 11.9 Å². The number of nitrogens with zero attached hydrogens (tertiary/aromatic N) is 2. The predicted molar refractivity (Wildman–Crippen MR) is 99.0 cm³/mol. The number of amides is 4. The summed E-state index contributed by atoms with van der Waals surface area (Å²) in [5.74, 6) is -0.841. The number of urea groups is 1. The van der Waals surface area contributed by atoms with Crippen molar-refractivity contribution in [2.45, 2.75) is 37.3 Å². The van der Waals surface area contributed by atoms with Crippen LogP contribution in [0.5, 0.6) is 0 Å². The van der Waals surface area contributed by atoms with Gasteiger partial charge in [-0.05, 0) is 37.1 Å². The van der Waals surface area contributed by atoms with Crippen LogP contribution < -0.4 is 5.32 Å². The first-order valence-corrected chi connectivity index (χ1v) is 11.6. The van der Waals surface area contributed by atoms with E-state index in [1.807, 2.05) is 11.4 Å². The summed E-state index contributed by atoms with van der Waals surface area (Å²) in [5.41, 5.74) is -0.234. The van der Waals surface area contributed by atoms with E-state index in [9.17, 15) is 22.8 Å². The Morgan fingerprint density at radius 2 is 2.22 bits per heavy atom. The van der Waals surface area contributed by atoms with Crippen LogP contribution in [-0.2, 0) is 31.4 Å². The lowest BCUT2D eigenvalue weighted by Gasteiger charge is -2.31. The molecule has 0 saturated carbocycles. The molecule has 4 amide bonds. The summed E-state index contributed by atoms with van der Waals surface area (Å²) in [6, 6.07) is 0.897. The molecule has 10 heteroatoms. The van der Waals surface area contributed by atoms with Crippen molar-refractivity contribution >= 4 is 39.0 Å². The van der Waals surface area contributed by atoms with Crippen molar-refractivity contribution in [3.8, 4) is 0 Å². The lowest BCUT2D eigenvalue weighted by molar-refractivity contribution is -0.139. The van der Waals surface area contributed by atoms with E-state index in [4.69, 9.17) is 0 Å². The van der Waals surface area contributed by atoms with Crippen molar-refractivity contribution in [1.82, 2.24) is 15.1 Å². The number of nitrogens with one attached hydrogen (secondary N) is 1. The molecule has 0 bridgehead atoms. The second-order valence-corrected chi connectivity index (χ2v) is 10.6. The number of aryl methyl sites for hydroxylation is 1. The molecule has 8 nitrogen and oxygen atoms in total. The summed E-state index contributed by atoms with van der Waals surface area (Å²) in [7, 11) is -1.60. The lowest BCUT2D eigenvalue weighted by Crippen LogP contribution is -2.48. The smallest absolute Gasteiger partial charge is 0.325 e. The van der Waals surface area contributed by atoms with Crippen LogP contribution in [0.25, 0.3) is 0 Å². The summed E-state index contributed by atoms with van der Waals surface area (Å²) in [6.45, 7) is -0.376. The number of hydrogen-bond acceptors (Lipinski definition) is 6. The van der Waals surface area contributed by atoms with E-state index in [1.54, 1.807) is 11.3 Å². The van der Waals surface area contributed by atoms with E-state index < -0.39 is 39.3 Å². The highest BCUT2D eigenvalue weighted by Crippen LogP contribution is 2.42. The molecule has 1 aromatic heterocycles. The van der Waals surface area contributed by atoms with Crippen molar-refractivity contribution in [3.05, 3.63) is 21.9 Å². The molecule has 2 fully saturated rings. The normalized spacial score (nSPS) is 29.1. The van der Waals surface area contributed by atoms with Crippen LogP contribution in [0.4, 0.5) is 4.79 Å². The molecule has 1 aliphatic carbocycles. The molecule has 1 spiro atoms. The number of imide groups is 1. The molecule has 146 valence electrons. The van der Waals surface area contributed by atoms with Gasteiger partial charge in [-0.1, -0.05) is 0 Å². The zero-order valence-corrected chi connectivity index (χ0v) is 16.6. The molecule has 4 rings (SSSR count). The number of sulfone groups is 1. The number of carbonyl (C=O) groups is 3. The largest absolute Gasteiger partial charge is 0.340 e. The fourth-order valence-corrected chi connectivity index (χ4v) is 6.99. The minimum absolute atomic E-state index is 0.0580. The summed E-state index contributed by atoms with van der Waals surface area (Å²) in [4.78, 5) is 41.6. The third-order valence-electron chi connectivity index (χ3n) is 5.78. The first-order valence-electron chi connectivity index (χ1n) is 8.90.